The molecule has 108 valence electrons. The molecule has 2 N–H and O–H groups in total. The van der Waals surface area contributed by atoms with Gasteiger partial charge in [0, 0.05) is 6.04 Å². The highest BCUT2D eigenvalue weighted by Gasteiger charge is 2.28. The Balaban J connectivity index is 2.59. The molecule has 0 bridgehead atoms. The fourth-order valence-corrected chi connectivity index (χ4v) is 3.06. The summed E-state index contributed by atoms with van der Waals surface area (Å²) in [7, 11) is -3.08. The third-order valence-corrected chi connectivity index (χ3v) is 6.07. The summed E-state index contributed by atoms with van der Waals surface area (Å²) in [6.07, 6.45) is 1.24. The molecule has 0 aliphatic carbocycles. The average Bonchev–Trinajstić information content (AvgIpc) is 2.28. The minimum atomic E-state index is -3.08. The van der Waals surface area contributed by atoms with Crippen molar-refractivity contribution in [2.75, 3.05) is 5.75 Å². The zero-order valence-corrected chi connectivity index (χ0v) is 13.1. The number of hydrogen-bond acceptors (Lipinski definition) is 3. The predicted octanol–water partition coefficient (Wildman–Crippen LogP) is 2.47. The van der Waals surface area contributed by atoms with E-state index in [1.165, 1.54) is 11.1 Å². The van der Waals surface area contributed by atoms with Gasteiger partial charge in [-0.05, 0) is 51.7 Å². The highest BCUT2D eigenvalue weighted by Crippen LogP contribution is 2.18. The van der Waals surface area contributed by atoms with Gasteiger partial charge in [-0.3, -0.25) is 0 Å². The van der Waals surface area contributed by atoms with Crippen LogP contribution in [0.2, 0.25) is 0 Å². The molecule has 0 saturated carbocycles. The summed E-state index contributed by atoms with van der Waals surface area (Å²) in [4.78, 5) is 0. The van der Waals surface area contributed by atoms with Gasteiger partial charge in [0.25, 0.3) is 0 Å². The van der Waals surface area contributed by atoms with Crippen LogP contribution in [0.15, 0.2) is 24.3 Å². The molecule has 1 unspecified atom stereocenters. The second kappa shape index (κ2) is 6.06. The van der Waals surface area contributed by atoms with Crippen LogP contribution in [0.1, 0.15) is 38.3 Å². The summed E-state index contributed by atoms with van der Waals surface area (Å²) in [6.45, 7) is 7.24. The minimum Gasteiger partial charge on any atom is -0.327 e. The molecule has 0 radical (unpaired) electrons. The molecule has 0 aliphatic heterocycles. The highest BCUT2D eigenvalue weighted by molar-refractivity contribution is 7.92. The number of hydrogen-bond donors (Lipinski definition) is 1. The molecule has 4 heteroatoms. The SMILES string of the molecule is Cc1ccccc1CC(N)CCS(=O)(=O)C(C)(C)C. The number of benzene rings is 1. The van der Waals surface area contributed by atoms with Crippen molar-refractivity contribution in [1.82, 2.24) is 0 Å². The smallest absolute Gasteiger partial charge is 0.155 e. The van der Waals surface area contributed by atoms with Crippen molar-refractivity contribution in [1.29, 1.82) is 0 Å². The zero-order chi connectivity index (χ0) is 14.7. The first kappa shape index (κ1) is 16.2. The summed E-state index contributed by atoms with van der Waals surface area (Å²) >= 11 is 0. The second-order valence-corrected chi connectivity index (χ2v) is 8.97. The van der Waals surface area contributed by atoms with Crippen LogP contribution in [-0.4, -0.2) is 25.0 Å². The van der Waals surface area contributed by atoms with Gasteiger partial charge < -0.3 is 5.73 Å². The molecule has 0 aromatic heterocycles. The molecule has 19 heavy (non-hydrogen) atoms. The van der Waals surface area contributed by atoms with Crippen molar-refractivity contribution >= 4 is 9.84 Å². The van der Waals surface area contributed by atoms with E-state index in [-0.39, 0.29) is 11.8 Å². The largest absolute Gasteiger partial charge is 0.327 e. The van der Waals surface area contributed by atoms with Crippen molar-refractivity contribution in [3.63, 3.8) is 0 Å². The van der Waals surface area contributed by atoms with Crippen molar-refractivity contribution < 1.29 is 8.42 Å². The van der Waals surface area contributed by atoms with Gasteiger partial charge in [-0.25, -0.2) is 8.42 Å². The minimum absolute atomic E-state index is 0.113. The first-order chi connectivity index (χ1) is 8.63. The average molecular weight is 283 g/mol. The third kappa shape index (κ3) is 4.62. The number of nitrogens with two attached hydrogens (primary N) is 1. The Morgan fingerprint density at radius 2 is 1.79 bits per heavy atom. The molecule has 0 heterocycles. The number of aryl methyl sites for hydroxylation is 1. The summed E-state index contributed by atoms with van der Waals surface area (Å²) in [5, 5.41) is 0. The Bertz CT molecular complexity index is 515. The molecule has 1 rings (SSSR count). The van der Waals surface area contributed by atoms with E-state index >= 15 is 0 Å². The molecule has 0 amide bonds. The van der Waals surface area contributed by atoms with E-state index in [1.807, 2.05) is 31.2 Å². The summed E-state index contributed by atoms with van der Waals surface area (Å²) in [6, 6.07) is 7.97. The van der Waals surface area contributed by atoms with E-state index in [1.54, 1.807) is 20.8 Å². The third-order valence-electron chi connectivity index (χ3n) is 3.43. The van der Waals surface area contributed by atoms with Crippen LogP contribution in [0.25, 0.3) is 0 Å². The number of sulfone groups is 1. The lowest BCUT2D eigenvalue weighted by Crippen LogP contribution is -2.34. The van der Waals surface area contributed by atoms with E-state index in [0.29, 0.717) is 6.42 Å². The maximum Gasteiger partial charge on any atom is 0.155 e. The first-order valence-corrected chi connectivity index (χ1v) is 8.31. The van der Waals surface area contributed by atoms with Gasteiger partial charge in [-0.1, -0.05) is 24.3 Å². The number of rotatable bonds is 5. The maximum absolute atomic E-state index is 12.0. The Labute approximate surface area is 117 Å². The molecule has 1 aromatic carbocycles. The Hall–Kier alpha value is -0.870. The van der Waals surface area contributed by atoms with Gasteiger partial charge in [0.2, 0.25) is 0 Å². The maximum atomic E-state index is 12.0. The van der Waals surface area contributed by atoms with E-state index < -0.39 is 14.6 Å². The van der Waals surface area contributed by atoms with E-state index in [2.05, 4.69) is 0 Å². The summed E-state index contributed by atoms with van der Waals surface area (Å²) in [5.74, 6) is 0.156. The van der Waals surface area contributed by atoms with Gasteiger partial charge in [0.05, 0.1) is 10.5 Å². The van der Waals surface area contributed by atoms with Crippen LogP contribution in [0.4, 0.5) is 0 Å². The van der Waals surface area contributed by atoms with Crippen LogP contribution >= 0.6 is 0 Å². The van der Waals surface area contributed by atoms with Gasteiger partial charge in [-0.2, -0.15) is 0 Å². The lowest BCUT2D eigenvalue weighted by Gasteiger charge is -2.21. The van der Waals surface area contributed by atoms with Crippen molar-refractivity contribution in [3.8, 4) is 0 Å². The van der Waals surface area contributed by atoms with Gasteiger partial charge >= 0.3 is 0 Å². The van der Waals surface area contributed by atoms with E-state index in [4.69, 9.17) is 5.73 Å². The van der Waals surface area contributed by atoms with Gasteiger partial charge in [-0.15, -0.1) is 0 Å². The normalized spacial score (nSPS) is 14.4. The molecule has 1 aromatic rings. The second-order valence-electron chi connectivity index (χ2n) is 6.11. The van der Waals surface area contributed by atoms with E-state index in [9.17, 15) is 8.42 Å². The molecule has 0 aliphatic rings. The molecule has 1 atom stereocenters. The van der Waals surface area contributed by atoms with Crippen molar-refractivity contribution in [3.05, 3.63) is 35.4 Å². The zero-order valence-electron chi connectivity index (χ0n) is 12.3. The Morgan fingerprint density at radius 3 is 2.32 bits per heavy atom. The topological polar surface area (TPSA) is 60.2 Å². The fourth-order valence-electron chi connectivity index (χ4n) is 1.84. The molecule has 3 nitrogen and oxygen atoms in total. The van der Waals surface area contributed by atoms with Crippen LogP contribution in [0, 0.1) is 6.92 Å². The predicted molar refractivity (Wildman–Crippen MR) is 81.0 cm³/mol. The quantitative estimate of drug-likeness (QED) is 0.903. The molecule has 0 saturated heterocycles. The van der Waals surface area contributed by atoms with E-state index in [0.717, 1.165) is 6.42 Å². The lowest BCUT2D eigenvalue weighted by atomic mass is 10.0. The van der Waals surface area contributed by atoms with Gasteiger partial charge in [0.15, 0.2) is 9.84 Å². The fraction of sp³-hybridized carbons (Fsp3) is 0.600. The molecule has 0 fully saturated rings. The summed E-state index contributed by atoms with van der Waals surface area (Å²) in [5.41, 5.74) is 8.46. The summed E-state index contributed by atoms with van der Waals surface area (Å²) < 4.78 is 23.3. The Kier molecular flexibility index (Phi) is 5.16. The van der Waals surface area contributed by atoms with Crippen molar-refractivity contribution in [2.24, 2.45) is 5.73 Å². The van der Waals surface area contributed by atoms with Crippen molar-refractivity contribution in [2.45, 2.75) is 51.3 Å². The van der Waals surface area contributed by atoms with Crippen LogP contribution in [-0.2, 0) is 16.3 Å². The van der Waals surface area contributed by atoms with Crippen LogP contribution < -0.4 is 5.73 Å². The molecular weight excluding hydrogens is 258 g/mol. The monoisotopic (exact) mass is 283 g/mol. The van der Waals surface area contributed by atoms with Gasteiger partial charge in [0.1, 0.15) is 0 Å². The lowest BCUT2D eigenvalue weighted by molar-refractivity contribution is 0.549. The van der Waals surface area contributed by atoms with Crippen LogP contribution in [0.5, 0.6) is 0 Å². The Morgan fingerprint density at radius 1 is 1.21 bits per heavy atom. The highest BCUT2D eigenvalue weighted by atomic mass is 32.2. The molecule has 0 spiro atoms. The first-order valence-electron chi connectivity index (χ1n) is 6.66. The standard InChI is InChI=1S/C15H25NO2S/c1-12-7-5-6-8-13(12)11-14(16)9-10-19(17,18)15(2,3)4/h5-8,14H,9-11,16H2,1-4H3. The molecular formula is C15H25NO2S. The van der Waals surface area contributed by atoms with Crippen LogP contribution in [0.3, 0.4) is 0 Å².